The van der Waals surface area contributed by atoms with E-state index in [-0.39, 0.29) is 0 Å². The summed E-state index contributed by atoms with van der Waals surface area (Å²) in [7, 11) is 3.90. The first-order valence-electron chi connectivity index (χ1n) is 8.08. The second-order valence-corrected chi connectivity index (χ2v) is 5.91. The Hall–Kier alpha value is -2.56. The van der Waals surface area contributed by atoms with Crippen LogP contribution in [0.4, 0.5) is 5.82 Å². The molecule has 0 radical (unpaired) electrons. The molecular formula is C19H25N3O2. The Morgan fingerprint density at radius 1 is 1.17 bits per heavy atom. The molecular weight excluding hydrogens is 302 g/mol. The Morgan fingerprint density at radius 2 is 1.96 bits per heavy atom. The van der Waals surface area contributed by atoms with Crippen LogP contribution in [0.5, 0.6) is 5.75 Å². The average Bonchev–Trinajstić information content (AvgIpc) is 2.57. The molecule has 1 aromatic carbocycles. The lowest BCUT2D eigenvalue weighted by Crippen LogP contribution is -2.22. The van der Waals surface area contributed by atoms with Crippen molar-refractivity contribution >= 4 is 12.2 Å². The van der Waals surface area contributed by atoms with Gasteiger partial charge in [-0.25, -0.2) is 4.98 Å². The molecule has 2 rings (SSSR count). The van der Waals surface area contributed by atoms with E-state index in [2.05, 4.69) is 4.98 Å². The zero-order valence-corrected chi connectivity index (χ0v) is 14.8. The Bertz CT molecular complexity index is 686. The van der Waals surface area contributed by atoms with E-state index in [9.17, 15) is 4.79 Å². The summed E-state index contributed by atoms with van der Waals surface area (Å²) >= 11 is 0. The average molecular weight is 327 g/mol. The third kappa shape index (κ3) is 4.72. The van der Waals surface area contributed by atoms with Crippen molar-refractivity contribution in [1.82, 2.24) is 9.88 Å². The second-order valence-electron chi connectivity index (χ2n) is 5.91. The van der Waals surface area contributed by atoms with Crippen molar-refractivity contribution in [1.29, 1.82) is 0 Å². The van der Waals surface area contributed by atoms with Gasteiger partial charge in [0.2, 0.25) is 6.41 Å². The summed E-state index contributed by atoms with van der Waals surface area (Å²) in [5, 5.41) is 0. The smallest absolute Gasteiger partial charge is 0.210 e. The third-order valence-corrected chi connectivity index (χ3v) is 3.76. The molecule has 1 aromatic heterocycles. The largest absolute Gasteiger partial charge is 0.494 e. The van der Waals surface area contributed by atoms with Crippen molar-refractivity contribution < 1.29 is 9.53 Å². The van der Waals surface area contributed by atoms with Crippen molar-refractivity contribution in [3.05, 3.63) is 53.2 Å². The first kappa shape index (κ1) is 17.8. The molecule has 2 aromatic rings. The zero-order chi connectivity index (χ0) is 17.5. The minimum atomic E-state index is 0.484. The van der Waals surface area contributed by atoms with Crippen LogP contribution in [0.1, 0.15) is 23.7 Å². The van der Waals surface area contributed by atoms with Gasteiger partial charge in [-0.3, -0.25) is 4.79 Å². The monoisotopic (exact) mass is 327 g/mol. The van der Waals surface area contributed by atoms with Crippen LogP contribution in [-0.2, 0) is 17.9 Å². The molecule has 0 spiro atoms. The number of nitrogens with zero attached hydrogens (tertiary/aromatic N) is 3. The number of amides is 1. The van der Waals surface area contributed by atoms with Gasteiger partial charge in [-0.05, 0) is 49.2 Å². The van der Waals surface area contributed by atoms with Crippen LogP contribution in [0.25, 0.3) is 0 Å². The number of carbonyl (C=O) groups is 1. The number of aryl methyl sites for hydroxylation is 1. The highest BCUT2D eigenvalue weighted by atomic mass is 16.5. The van der Waals surface area contributed by atoms with Gasteiger partial charge in [0.05, 0.1) is 18.8 Å². The molecule has 0 saturated heterocycles. The van der Waals surface area contributed by atoms with Crippen LogP contribution in [0.2, 0.25) is 0 Å². The van der Waals surface area contributed by atoms with Crippen LogP contribution in [0.3, 0.4) is 0 Å². The summed E-state index contributed by atoms with van der Waals surface area (Å²) in [5.41, 5.74) is 3.09. The van der Waals surface area contributed by atoms with Crippen molar-refractivity contribution in [2.45, 2.75) is 26.9 Å². The first-order chi connectivity index (χ1) is 11.5. The van der Waals surface area contributed by atoms with E-state index in [1.807, 2.05) is 69.2 Å². The predicted octanol–water partition coefficient (Wildman–Crippen LogP) is 3.01. The molecule has 128 valence electrons. The van der Waals surface area contributed by atoms with Gasteiger partial charge >= 0.3 is 0 Å². The number of pyridine rings is 1. The quantitative estimate of drug-likeness (QED) is 0.699. The molecule has 0 bridgehead atoms. The summed E-state index contributed by atoms with van der Waals surface area (Å²) in [4.78, 5) is 19.7. The van der Waals surface area contributed by atoms with Crippen molar-refractivity contribution in [3.63, 3.8) is 0 Å². The Labute approximate surface area is 143 Å². The molecule has 0 aliphatic heterocycles. The fraction of sp³-hybridized carbons (Fsp3) is 0.368. The SMILES string of the molecule is CCOc1ccc(CN(C=O)Cc2cccc(N(C)C)n2)c(C)c1. The lowest BCUT2D eigenvalue weighted by atomic mass is 10.1. The molecule has 1 amide bonds. The predicted molar refractivity (Wildman–Crippen MR) is 96.2 cm³/mol. The molecule has 0 aliphatic carbocycles. The standard InChI is InChI=1S/C19H25N3O2/c1-5-24-18-10-9-16(15(2)11-18)12-22(14-23)13-17-7-6-8-19(20-17)21(3)4/h6-11,14H,5,12-13H2,1-4H3. The highest BCUT2D eigenvalue weighted by Crippen LogP contribution is 2.19. The van der Waals surface area contributed by atoms with Gasteiger partial charge in [0.15, 0.2) is 0 Å². The molecule has 5 heteroatoms. The first-order valence-corrected chi connectivity index (χ1v) is 8.08. The fourth-order valence-electron chi connectivity index (χ4n) is 2.46. The molecule has 0 unspecified atom stereocenters. The van der Waals surface area contributed by atoms with E-state index in [4.69, 9.17) is 4.74 Å². The molecule has 0 atom stereocenters. The Morgan fingerprint density at radius 3 is 2.58 bits per heavy atom. The normalized spacial score (nSPS) is 10.3. The van der Waals surface area contributed by atoms with Crippen LogP contribution in [0.15, 0.2) is 36.4 Å². The minimum Gasteiger partial charge on any atom is -0.494 e. The summed E-state index contributed by atoms with van der Waals surface area (Å²) in [6.07, 6.45) is 0.875. The van der Waals surface area contributed by atoms with E-state index in [1.165, 1.54) is 0 Å². The number of rotatable bonds is 8. The Kier molecular flexibility index (Phi) is 6.18. The number of hydrogen-bond acceptors (Lipinski definition) is 4. The van der Waals surface area contributed by atoms with E-state index in [0.29, 0.717) is 19.7 Å². The molecule has 0 fully saturated rings. The second kappa shape index (κ2) is 8.34. The van der Waals surface area contributed by atoms with Crippen molar-refractivity contribution in [2.75, 3.05) is 25.6 Å². The van der Waals surface area contributed by atoms with E-state index in [0.717, 1.165) is 34.8 Å². The van der Waals surface area contributed by atoms with E-state index in [1.54, 1.807) is 4.90 Å². The highest BCUT2D eigenvalue weighted by Gasteiger charge is 2.09. The molecule has 24 heavy (non-hydrogen) atoms. The van der Waals surface area contributed by atoms with Gasteiger partial charge in [-0.15, -0.1) is 0 Å². The van der Waals surface area contributed by atoms with Crippen LogP contribution >= 0.6 is 0 Å². The Balaban J connectivity index is 2.09. The zero-order valence-electron chi connectivity index (χ0n) is 14.8. The number of aromatic nitrogens is 1. The maximum absolute atomic E-state index is 11.5. The van der Waals surface area contributed by atoms with Gasteiger partial charge in [-0.1, -0.05) is 12.1 Å². The number of benzene rings is 1. The van der Waals surface area contributed by atoms with Crippen LogP contribution < -0.4 is 9.64 Å². The number of carbonyl (C=O) groups excluding carboxylic acids is 1. The van der Waals surface area contributed by atoms with Crippen molar-refractivity contribution in [2.24, 2.45) is 0 Å². The third-order valence-electron chi connectivity index (χ3n) is 3.76. The van der Waals surface area contributed by atoms with Gasteiger partial charge < -0.3 is 14.5 Å². The molecule has 0 saturated carbocycles. The molecule has 5 nitrogen and oxygen atoms in total. The lowest BCUT2D eigenvalue weighted by Gasteiger charge is -2.20. The number of anilines is 1. The highest BCUT2D eigenvalue weighted by molar-refractivity contribution is 5.48. The van der Waals surface area contributed by atoms with E-state index < -0.39 is 0 Å². The lowest BCUT2D eigenvalue weighted by molar-refractivity contribution is -0.119. The van der Waals surface area contributed by atoms with Gasteiger partial charge in [0.1, 0.15) is 11.6 Å². The van der Waals surface area contributed by atoms with Crippen LogP contribution in [0, 0.1) is 6.92 Å². The van der Waals surface area contributed by atoms with Gasteiger partial charge in [0, 0.05) is 20.6 Å². The summed E-state index contributed by atoms with van der Waals surface area (Å²) in [5.74, 6) is 1.74. The molecule has 0 N–H and O–H groups in total. The summed E-state index contributed by atoms with van der Waals surface area (Å²) in [6.45, 7) is 5.68. The van der Waals surface area contributed by atoms with Gasteiger partial charge in [-0.2, -0.15) is 0 Å². The number of hydrogen-bond donors (Lipinski definition) is 0. The number of ether oxygens (including phenoxy) is 1. The summed E-state index contributed by atoms with van der Waals surface area (Å²) < 4.78 is 5.51. The van der Waals surface area contributed by atoms with Gasteiger partial charge in [0.25, 0.3) is 0 Å². The van der Waals surface area contributed by atoms with Crippen molar-refractivity contribution in [3.8, 4) is 5.75 Å². The maximum atomic E-state index is 11.5. The topological polar surface area (TPSA) is 45.7 Å². The minimum absolute atomic E-state index is 0.484. The summed E-state index contributed by atoms with van der Waals surface area (Å²) in [6, 6.07) is 11.8. The molecule has 0 aliphatic rings. The molecule has 1 heterocycles. The maximum Gasteiger partial charge on any atom is 0.210 e. The fourth-order valence-corrected chi connectivity index (χ4v) is 2.46. The van der Waals surface area contributed by atoms with E-state index >= 15 is 0 Å². The van der Waals surface area contributed by atoms with Crippen LogP contribution in [-0.4, -0.2) is 37.0 Å².